The van der Waals surface area contributed by atoms with Crippen LogP contribution in [0.4, 0.5) is 5.69 Å². The van der Waals surface area contributed by atoms with Crippen LogP contribution in [0, 0.1) is 0 Å². The van der Waals surface area contributed by atoms with E-state index in [0.29, 0.717) is 17.2 Å². The molecule has 0 heterocycles. The number of nitrogen functional groups attached to an aromatic ring is 1. The van der Waals surface area contributed by atoms with E-state index in [2.05, 4.69) is 12.1 Å². The molecule has 0 saturated heterocycles. The smallest absolute Gasteiger partial charge is 0.133 e. The summed E-state index contributed by atoms with van der Waals surface area (Å²) >= 11 is 0. The van der Waals surface area contributed by atoms with E-state index in [-0.39, 0.29) is 0 Å². The van der Waals surface area contributed by atoms with Gasteiger partial charge in [-0.15, -0.1) is 0 Å². The van der Waals surface area contributed by atoms with Crippen LogP contribution in [-0.2, 0) is 12.8 Å². The first kappa shape index (κ1) is 12.9. The van der Waals surface area contributed by atoms with E-state index in [4.69, 9.17) is 15.2 Å². The van der Waals surface area contributed by atoms with Crippen molar-refractivity contribution in [3.05, 3.63) is 47.5 Å². The van der Waals surface area contributed by atoms with Crippen LogP contribution in [0.3, 0.4) is 0 Å². The van der Waals surface area contributed by atoms with E-state index in [0.717, 1.165) is 12.2 Å². The summed E-state index contributed by atoms with van der Waals surface area (Å²) in [6.07, 6.45) is 4.89. The Kier molecular flexibility index (Phi) is 3.50. The Morgan fingerprint density at radius 2 is 1.60 bits per heavy atom. The molecule has 3 rings (SSSR count). The molecular weight excluding hydrogens is 250 g/mol. The molecule has 0 unspecified atom stereocenters. The van der Waals surface area contributed by atoms with Gasteiger partial charge in [-0.1, -0.05) is 6.07 Å². The number of ether oxygens (including phenoxy) is 2. The number of aryl methyl sites for hydroxylation is 2. The maximum absolute atomic E-state index is 5.91. The zero-order valence-electron chi connectivity index (χ0n) is 11.7. The number of benzene rings is 2. The van der Waals surface area contributed by atoms with Crippen molar-refractivity contribution >= 4 is 5.69 Å². The average molecular weight is 269 g/mol. The Hall–Kier alpha value is -2.16. The molecule has 2 N–H and O–H groups in total. The fourth-order valence-electron chi connectivity index (χ4n) is 2.68. The van der Waals surface area contributed by atoms with E-state index in [1.807, 2.05) is 18.2 Å². The lowest BCUT2D eigenvalue weighted by Crippen LogP contribution is -2.02. The Balaban J connectivity index is 1.85. The number of methoxy groups -OCH3 is 1. The minimum absolute atomic E-state index is 0.636. The number of hydrogen-bond donors (Lipinski definition) is 1. The van der Waals surface area contributed by atoms with E-state index < -0.39 is 0 Å². The van der Waals surface area contributed by atoms with Gasteiger partial charge in [0, 0.05) is 23.9 Å². The second kappa shape index (κ2) is 5.45. The van der Waals surface area contributed by atoms with Gasteiger partial charge in [-0.2, -0.15) is 0 Å². The van der Waals surface area contributed by atoms with Crippen molar-refractivity contribution in [1.82, 2.24) is 0 Å². The van der Waals surface area contributed by atoms with Gasteiger partial charge >= 0.3 is 0 Å². The van der Waals surface area contributed by atoms with Gasteiger partial charge in [0.05, 0.1) is 7.11 Å². The zero-order valence-corrected chi connectivity index (χ0v) is 11.7. The molecule has 2 aromatic carbocycles. The van der Waals surface area contributed by atoms with Gasteiger partial charge in [0.25, 0.3) is 0 Å². The predicted octanol–water partition coefficient (Wildman–Crippen LogP) is 3.95. The van der Waals surface area contributed by atoms with Crippen LogP contribution in [0.15, 0.2) is 36.4 Å². The largest absolute Gasteiger partial charge is 0.497 e. The lowest BCUT2D eigenvalue weighted by molar-refractivity contribution is 0.409. The fraction of sp³-hybridized carbons (Fsp3) is 0.294. The maximum Gasteiger partial charge on any atom is 0.133 e. The molecule has 1 aliphatic rings. The third-order valence-electron chi connectivity index (χ3n) is 3.69. The topological polar surface area (TPSA) is 44.5 Å². The van der Waals surface area contributed by atoms with Gasteiger partial charge in [0.15, 0.2) is 0 Å². The number of nitrogens with two attached hydrogens (primary N) is 1. The molecule has 1 aliphatic carbocycles. The van der Waals surface area contributed by atoms with Crippen molar-refractivity contribution in [2.75, 3.05) is 12.8 Å². The molecule has 20 heavy (non-hydrogen) atoms. The quantitative estimate of drug-likeness (QED) is 0.858. The first-order valence-electron chi connectivity index (χ1n) is 6.99. The van der Waals surface area contributed by atoms with Gasteiger partial charge in [0.1, 0.15) is 17.2 Å². The van der Waals surface area contributed by atoms with Gasteiger partial charge in [-0.25, -0.2) is 0 Å². The predicted molar refractivity (Wildman–Crippen MR) is 80.6 cm³/mol. The molecule has 3 nitrogen and oxygen atoms in total. The second-order valence-corrected chi connectivity index (χ2v) is 5.18. The molecule has 0 saturated carbocycles. The Morgan fingerprint density at radius 1 is 0.850 bits per heavy atom. The minimum Gasteiger partial charge on any atom is -0.497 e. The van der Waals surface area contributed by atoms with E-state index in [9.17, 15) is 0 Å². The molecule has 0 atom stereocenters. The van der Waals surface area contributed by atoms with Crippen molar-refractivity contribution in [1.29, 1.82) is 0 Å². The summed E-state index contributed by atoms with van der Waals surface area (Å²) in [4.78, 5) is 0. The van der Waals surface area contributed by atoms with E-state index in [1.54, 1.807) is 13.2 Å². The van der Waals surface area contributed by atoms with Crippen LogP contribution in [-0.4, -0.2) is 7.11 Å². The monoisotopic (exact) mass is 269 g/mol. The molecule has 104 valence electrons. The molecule has 0 aliphatic heterocycles. The highest BCUT2D eigenvalue weighted by Gasteiger charge is 2.10. The normalized spacial score (nSPS) is 13.7. The van der Waals surface area contributed by atoms with Crippen LogP contribution < -0.4 is 15.2 Å². The summed E-state index contributed by atoms with van der Waals surface area (Å²) in [5.41, 5.74) is 9.34. The minimum atomic E-state index is 0.636. The molecule has 0 fully saturated rings. The number of fused-ring (bicyclic) bond motifs is 1. The van der Waals surface area contributed by atoms with Crippen molar-refractivity contribution in [3.8, 4) is 17.2 Å². The van der Waals surface area contributed by atoms with Crippen LogP contribution in [0.2, 0.25) is 0 Å². The highest BCUT2D eigenvalue weighted by molar-refractivity contribution is 5.51. The van der Waals surface area contributed by atoms with Crippen molar-refractivity contribution in [3.63, 3.8) is 0 Å². The maximum atomic E-state index is 5.91. The summed E-state index contributed by atoms with van der Waals surface area (Å²) < 4.78 is 11.1. The van der Waals surface area contributed by atoms with E-state index >= 15 is 0 Å². The second-order valence-electron chi connectivity index (χ2n) is 5.18. The summed E-state index contributed by atoms with van der Waals surface area (Å²) in [5.74, 6) is 2.27. The van der Waals surface area contributed by atoms with Crippen LogP contribution in [0.5, 0.6) is 17.2 Å². The van der Waals surface area contributed by atoms with Gasteiger partial charge in [-0.3, -0.25) is 0 Å². The van der Waals surface area contributed by atoms with Gasteiger partial charge in [-0.05, 0) is 48.9 Å². The molecule has 0 spiro atoms. The summed E-state index contributed by atoms with van der Waals surface area (Å²) in [6.45, 7) is 0. The third kappa shape index (κ3) is 2.72. The molecule has 3 heteroatoms. The molecule has 2 aromatic rings. The standard InChI is InChI=1S/C17H19NO2/c1-19-16-9-14(18)10-17(11-16)20-15-7-6-12-4-2-3-5-13(12)8-15/h6-11H,2-5,18H2,1H3. The Bertz CT molecular complexity index is 622. The van der Waals surface area contributed by atoms with E-state index in [1.165, 1.54) is 30.4 Å². The molecular formula is C17H19NO2. The summed E-state index contributed by atoms with van der Waals surface area (Å²) in [7, 11) is 1.62. The van der Waals surface area contributed by atoms with Crippen molar-refractivity contribution in [2.24, 2.45) is 0 Å². The zero-order chi connectivity index (χ0) is 13.9. The Morgan fingerprint density at radius 3 is 2.40 bits per heavy atom. The fourth-order valence-corrected chi connectivity index (χ4v) is 2.68. The molecule has 0 radical (unpaired) electrons. The first-order valence-corrected chi connectivity index (χ1v) is 6.99. The summed E-state index contributed by atoms with van der Waals surface area (Å²) in [6, 6.07) is 11.8. The lowest BCUT2D eigenvalue weighted by atomic mass is 9.92. The van der Waals surface area contributed by atoms with Crippen LogP contribution in [0.25, 0.3) is 0 Å². The summed E-state index contributed by atoms with van der Waals surface area (Å²) in [5, 5.41) is 0. The number of rotatable bonds is 3. The Labute approximate surface area is 119 Å². The van der Waals surface area contributed by atoms with Crippen molar-refractivity contribution in [2.45, 2.75) is 25.7 Å². The molecule has 0 amide bonds. The van der Waals surface area contributed by atoms with Crippen LogP contribution >= 0.6 is 0 Å². The molecule has 0 bridgehead atoms. The highest BCUT2D eigenvalue weighted by Crippen LogP contribution is 2.31. The van der Waals surface area contributed by atoms with Gasteiger partial charge < -0.3 is 15.2 Å². The van der Waals surface area contributed by atoms with Crippen molar-refractivity contribution < 1.29 is 9.47 Å². The van der Waals surface area contributed by atoms with Gasteiger partial charge in [0.2, 0.25) is 0 Å². The lowest BCUT2D eigenvalue weighted by Gasteiger charge is -2.17. The third-order valence-corrected chi connectivity index (χ3v) is 3.69. The number of anilines is 1. The number of hydrogen-bond acceptors (Lipinski definition) is 3. The SMILES string of the molecule is COc1cc(N)cc(Oc2ccc3c(c2)CCCC3)c1. The molecule has 0 aromatic heterocycles. The highest BCUT2D eigenvalue weighted by atomic mass is 16.5. The van der Waals surface area contributed by atoms with Crippen LogP contribution in [0.1, 0.15) is 24.0 Å². The average Bonchev–Trinajstić information content (AvgIpc) is 2.46. The first-order chi connectivity index (χ1) is 9.74.